The molecule has 0 aliphatic rings. The summed E-state index contributed by atoms with van der Waals surface area (Å²) in [7, 11) is 1.71. The highest BCUT2D eigenvalue weighted by molar-refractivity contribution is 5.23. The highest BCUT2D eigenvalue weighted by Crippen LogP contribution is 2.21. The standard InChI is InChI=1S/C17H28O3/c1-4-6-12-19-17(20-13-7-5-2)16-10-8-15(9-11-16)14-18-3/h8-11,17H,4-7,12-14H2,1-3H3. The van der Waals surface area contributed by atoms with E-state index in [-0.39, 0.29) is 6.29 Å². The molecule has 0 atom stereocenters. The molecular formula is C17H28O3. The molecule has 1 aromatic rings. The van der Waals surface area contributed by atoms with E-state index < -0.39 is 0 Å². The van der Waals surface area contributed by atoms with Crippen LogP contribution in [0.2, 0.25) is 0 Å². The van der Waals surface area contributed by atoms with Gasteiger partial charge in [-0.05, 0) is 18.4 Å². The minimum Gasteiger partial charge on any atom is -0.380 e. The molecule has 0 saturated heterocycles. The van der Waals surface area contributed by atoms with Crippen LogP contribution in [-0.4, -0.2) is 20.3 Å². The van der Waals surface area contributed by atoms with Crippen molar-refractivity contribution in [2.24, 2.45) is 0 Å². The molecule has 0 fully saturated rings. The Morgan fingerprint density at radius 1 is 0.900 bits per heavy atom. The molecule has 0 radical (unpaired) electrons. The quantitative estimate of drug-likeness (QED) is 0.442. The molecule has 0 amide bonds. The van der Waals surface area contributed by atoms with Crippen LogP contribution in [0.25, 0.3) is 0 Å². The molecule has 1 aromatic carbocycles. The van der Waals surface area contributed by atoms with Gasteiger partial charge in [-0.25, -0.2) is 0 Å². The van der Waals surface area contributed by atoms with Gasteiger partial charge in [0.25, 0.3) is 0 Å². The Hall–Kier alpha value is -0.900. The van der Waals surface area contributed by atoms with E-state index in [2.05, 4.69) is 38.1 Å². The molecule has 0 unspecified atom stereocenters. The van der Waals surface area contributed by atoms with Crippen LogP contribution in [0, 0.1) is 0 Å². The molecule has 0 saturated carbocycles. The van der Waals surface area contributed by atoms with Crippen LogP contribution < -0.4 is 0 Å². The van der Waals surface area contributed by atoms with Crippen molar-refractivity contribution in [2.75, 3.05) is 20.3 Å². The summed E-state index contributed by atoms with van der Waals surface area (Å²) < 4.78 is 16.8. The van der Waals surface area contributed by atoms with Crippen LogP contribution in [0.3, 0.4) is 0 Å². The number of ether oxygens (including phenoxy) is 3. The van der Waals surface area contributed by atoms with Gasteiger partial charge in [-0.3, -0.25) is 0 Å². The summed E-state index contributed by atoms with van der Waals surface area (Å²) in [6.07, 6.45) is 4.15. The lowest BCUT2D eigenvalue weighted by atomic mass is 10.1. The fourth-order valence-electron chi connectivity index (χ4n) is 1.85. The molecule has 20 heavy (non-hydrogen) atoms. The first-order valence-corrected chi connectivity index (χ1v) is 7.62. The number of methoxy groups -OCH3 is 1. The number of rotatable bonds is 11. The summed E-state index contributed by atoms with van der Waals surface area (Å²) in [5.41, 5.74) is 2.24. The van der Waals surface area contributed by atoms with Crippen molar-refractivity contribution >= 4 is 0 Å². The van der Waals surface area contributed by atoms with E-state index in [4.69, 9.17) is 14.2 Å². The molecule has 0 aromatic heterocycles. The van der Waals surface area contributed by atoms with E-state index >= 15 is 0 Å². The van der Waals surface area contributed by atoms with Gasteiger partial charge in [0, 0.05) is 12.7 Å². The van der Waals surface area contributed by atoms with Crippen molar-refractivity contribution < 1.29 is 14.2 Å². The molecule has 0 spiro atoms. The molecule has 0 N–H and O–H groups in total. The van der Waals surface area contributed by atoms with Gasteiger partial charge in [0.1, 0.15) is 0 Å². The minimum absolute atomic E-state index is 0.246. The van der Waals surface area contributed by atoms with Crippen LogP contribution in [0.4, 0.5) is 0 Å². The molecule has 0 bridgehead atoms. The average molecular weight is 280 g/mol. The summed E-state index contributed by atoms with van der Waals surface area (Å²) in [4.78, 5) is 0. The summed E-state index contributed by atoms with van der Waals surface area (Å²) in [5.74, 6) is 0. The normalized spacial score (nSPS) is 11.2. The first kappa shape index (κ1) is 17.2. The average Bonchev–Trinajstić information content (AvgIpc) is 2.47. The molecule has 0 heterocycles. The van der Waals surface area contributed by atoms with E-state index in [0.29, 0.717) is 6.61 Å². The zero-order valence-electron chi connectivity index (χ0n) is 13.1. The third-order valence-electron chi connectivity index (χ3n) is 3.10. The largest absolute Gasteiger partial charge is 0.380 e. The zero-order chi connectivity index (χ0) is 14.6. The van der Waals surface area contributed by atoms with Gasteiger partial charge in [-0.1, -0.05) is 51.0 Å². The van der Waals surface area contributed by atoms with Crippen LogP contribution in [0.1, 0.15) is 56.9 Å². The van der Waals surface area contributed by atoms with Crippen molar-refractivity contribution in [3.8, 4) is 0 Å². The van der Waals surface area contributed by atoms with Crippen molar-refractivity contribution in [1.82, 2.24) is 0 Å². The second-order valence-electron chi connectivity index (χ2n) is 4.96. The third-order valence-corrected chi connectivity index (χ3v) is 3.10. The van der Waals surface area contributed by atoms with Gasteiger partial charge in [-0.2, -0.15) is 0 Å². The van der Waals surface area contributed by atoms with Crippen LogP contribution in [0.5, 0.6) is 0 Å². The predicted molar refractivity (Wildman–Crippen MR) is 81.6 cm³/mol. The summed E-state index contributed by atoms with van der Waals surface area (Å²) in [5, 5.41) is 0. The maximum absolute atomic E-state index is 5.86. The van der Waals surface area contributed by atoms with Crippen LogP contribution in [0.15, 0.2) is 24.3 Å². The minimum atomic E-state index is -0.246. The lowest BCUT2D eigenvalue weighted by molar-refractivity contribution is -0.148. The van der Waals surface area contributed by atoms with E-state index in [0.717, 1.165) is 50.0 Å². The lowest BCUT2D eigenvalue weighted by Gasteiger charge is -2.19. The Morgan fingerprint density at radius 3 is 1.90 bits per heavy atom. The predicted octanol–water partition coefficient (Wildman–Crippen LogP) is 4.47. The third kappa shape index (κ3) is 6.51. The molecular weight excluding hydrogens is 252 g/mol. The Balaban J connectivity index is 2.59. The maximum atomic E-state index is 5.86. The number of hydrogen-bond acceptors (Lipinski definition) is 3. The van der Waals surface area contributed by atoms with Gasteiger partial charge in [0.15, 0.2) is 6.29 Å². The molecule has 0 aliphatic carbocycles. The zero-order valence-corrected chi connectivity index (χ0v) is 13.1. The van der Waals surface area contributed by atoms with Crippen LogP contribution in [-0.2, 0) is 20.8 Å². The topological polar surface area (TPSA) is 27.7 Å². The van der Waals surface area contributed by atoms with Crippen molar-refractivity contribution in [3.63, 3.8) is 0 Å². The second kappa shape index (κ2) is 10.8. The van der Waals surface area contributed by atoms with Gasteiger partial charge < -0.3 is 14.2 Å². The highest BCUT2D eigenvalue weighted by Gasteiger charge is 2.12. The van der Waals surface area contributed by atoms with Gasteiger partial charge >= 0.3 is 0 Å². The van der Waals surface area contributed by atoms with Gasteiger partial charge in [-0.15, -0.1) is 0 Å². The smallest absolute Gasteiger partial charge is 0.183 e. The Morgan fingerprint density at radius 2 is 1.45 bits per heavy atom. The van der Waals surface area contributed by atoms with E-state index in [1.165, 1.54) is 0 Å². The van der Waals surface area contributed by atoms with E-state index in [1.807, 2.05) is 0 Å². The fraction of sp³-hybridized carbons (Fsp3) is 0.647. The van der Waals surface area contributed by atoms with Gasteiger partial charge in [0.05, 0.1) is 19.8 Å². The van der Waals surface area contributed by atoms with E-state index in [9.17, 15) is 0 Å². The molecule has 1 rings (SSSR count). The summed E-state index contributed by atoms with van der Waals surface area (Å²) in [6, 6.07) is 8.27. The molecule has 0 aliphatic heterocycles. The van der Waals surface area contributed by atoms with Crippen molar-refractivity contribution in [2.45, 2.75) is 52.4 Å². The number of hydrogen-bond donors (Lipinski definition) is 0. The summed E-state index contributed by atoms with van der Waals surface area (Å²) in [6.45, 7) is 6.45. The first-order valence-electron chi connectivity index (χ1n) is 7.62. The molecule has 3 heteroatoms. The molecule has 114 valence electrons. The van der Waals surface area contributed by atoms with E-state index in [1.54, 1.807) is 7.11 Å². The Labute approximate surface area is 123 Å². The number of unbranched alkanes of at least 4 members (excludes halogenated alkanes) is 2. The number of benzene rings is 1. The maximum Gasteiger partial charge on any atom is 0.183 e. The SMILES string of the molecule is CCCCOC(OCCCC)c1ccc(COC)cc1. The monoisotopic (exact) mass is 280 g/mol. The first-order chi connectivity index (χ1) is 9.81. The molecule has 3 nitrogen and oxygen atoms in total. The van der Waals surface area contributed by atoms with Crippen molar-refractivity contribution in [1.29, 1.82) is 0 Å². The summed E-state index contributed by atoms with van der Waals surface area (Å²) >= 11 is 0. The van der Waals surface area contributed by atoms with Crippen molar-refractivity contribution in [3.05, 3.63) is 35.4 Å². The lowest BCUT2D eigenvalue weighted by Crippen LogP contribution is -2.11. The fourth-order valence-corrected chi connectivity index (χ4v) is 1.85. The van der Waals surface area contributed by atoms with Gasteiger partial charge in [0.2, 0.25) is 0 Å². The van der Waals surface area contributed by atoms with Crippen LogP contribution >= 0.6 is 0 Å². The highest BCUT2D eigenvalue weighted by atomic mass is 16.7. The Kier molecular flexibility index (Phi) is 9.29. The Bertz CT molecular complexity index is 325. The second-order valence-corrected chi connectivity index (χ2v) is 4.96.